The molecule has 4 aromatic rings. The van der Waals surface area contributed by atoms with Crippen LogP contribution in [0.15, 0.2) is 72.8 Å². The lowest BCUT2D eigenvalue weighted by Crippen LogP contribution is -1.99. The third-order valence-electron chi connectivity index (χ3n) is 5.89. The number of para-hydroxylation sites is 4. The number of fused-ring (bicyclic) bond motifs is 3. The summed E-state index contributed by atoms with van der Waals surface area (Å²) >= 11 is 0. The minimum absolute atomic E-state index is 0.0969. The molecule has 0 aromatic heterocycles. The van der Waals surface area contributed by atoms with Crippen LogP contribution in [0.4, 0.5) is 5.69 Å². The number of benzene rings is 4. The van der Waals surface area contributed by atoms with Gasteiger partial charge in [-0.2, -0.15) is 0 Å². The summed E-state index contributed by atoms with van der Waals surface area (Å²) in [5.41, 5.74) is 7.18. The molecule has 0 amide bonds. The van der Waals surface area contributed by atoms with Crippen molar-refractivity contribution in [1.29, 1.82) is 0 Å². The van der Waals surface area contributed by atoms with E-state index in [2.05, 4.69) is 0 Å². The van der Waals surface area contributed by atoms with Gasteiger partial charge in [0.15, 0.2) is 46.0 Å². The molecule has 13 heteroatoms. The van der Waals surface area contributed by atoms with Gasteiger partial charge in [-0.15, -0.1) is 0 Å². The van der Waals surface area contributed by atoms with Crippen LogP contribution in [-0.2, 0) is 0 Å². The summed E-state index contributed by atoms with van der Waals surface area (Å²) < 4.78 is 30.5. The number of aromatic carboxylic acids is 2. The van der Waals surface area contributed by atoms with Crippen molar-refractivity contribution in [2.45, 2.75) is 6.92 Å². The fourth-order valence-corrected chi connectivity index (χ4v) is 3.83. The van der Waals surface area contributed by atoms with E-state index in [-0.39, 0.29) is 24.7 Å². The molecule has 0 aliphatic carbocycles. The van der Waals surface area contributed by atoms with Gasteiger partial charge in [0.05, 0.1) is 5.69 Å². The first-order valence-corrected chi connectivity index (χ1v) is 12.5. The fraction of sp³-hybridized carbons (Fsp3) is 0.133. The Morgan fingerprint density at radius 1 is 0.605 bits per heavy atom. The maximum atomic E-state index is 10.6. The van der Waals surface area contributed by atoms with E-state index in [1.54, 1.807) is 18.2 Å². The van der Waals surface area contributed by atoms with Crippen molar-refractivity contribution in [3.05, 3.63) is 89.5 Å². The monoisotopic (exact) mass is 593 g/mol. The van der Waals surface area contributed by atoms with Crippen molar-refractivity contribution in [2.24, 2.45) is 0 Å². The summed E-state index contributed by atoms with van der Waals surface area (Å²) in [4.78, 5) is 20.9. The molecule has 3 aliphatic rings. The second kappa shape index (κ2) is 13.6. The minimum Gasteiger partial charge on any atom is -0.504 e. The van der Waals surface area contributed by atoms with Crippen LogP contribution in [0.1, 0.15) is 26.3 Å². The van der Waals surface area contributed by atoms with Crippen LogP contribution in [0.2, 0.25) is 0 Å². The van der Waals surface area contributed by atoms with Gasteiger partial charge in [-0.25, -0.2) is 9.59 Å². The van der Waals surface area contributed by atoms with Crippen LogP contribution in [0.25, 0.3) is 0 Å². The number of carboxylic acids is 2. The average Bonchev–Trinajstić information content (AvgIpc) is 3.77. The summed E-state index contributed by atoms with van der Waals surface area (Å²) in [6, 6.07) is 19.9. The van der Waals surface area contributed by atoms with Gasteiger partial charge < -0.3 is 54.6 Å². The number of ether oxygens (including phenoxy) is 6. The van der Waals surface area contributed by atoms with Crippen LogP contribution in [0, 0.1) is 6.92 Å². The molecule has 43 heavy (non-hydrogen) atoms. The van der Waals surface area contributed by atoms with Crippen molar-refractivity contribution in [2.75, 3.05) is 26.1 Å². The summed E-state index contributed by atoms with van der Waals surface area (Å²) in [5, 5.41) is 34.9. The van der Waals surface area contributed by atoms with Gasteiger partial charge in [0.25, 0.3) is 0 Å². The highest BCUT2D eigenvalue weighted by atomic mass is 16.7. The van der Waals surface area contributed by atoms with E-state index >= 15 is 0 Å². The Morgan fingerprint density at radius 3 is 1.63 bits per heavy atom. The number of carboxylic acid groups (broad SMARTS) is 2. The van der Waals surface area contributed by atoms with E-state index in [1.807, 2.05) is 37.3 Å². The highest BCUT2D eigenvalue weighted by Crippen LogP contribution is 2.37. The van der Waals surface area contributed by atoms with Crippen LogP contribution in [0.3, 0.4) is 0 Å². The third-order valence-corrected chi connectivity index (χ3v) is 5.89. The first-order valence-electron chi connectivity index (χ1n) is 12.5. The molecule has 0 saturated heterocycles. The van der Waals surface area contributed by atoms with Crippen LogP contribution < -0.4 is 34.2 Å². The lowest BCUT2D eigenvalue weighted by atomic mass is 10.2. The maximum Gasteiger partial charge on any atom is 0.339 e. The van der Waals surface area contributed by atoms with Gasteiger partial charge in [-0.05, 0) is 55.0 Å². The van der Waals surface area contributed by atoms with Crippen LogP contribution >= 0.6 is 0 Å². The summed E-state index contributed by atoms with van der Waals surface area (Å²) in [6.45, 7) is 2.75. The van der Waals surface area contributed by atoms with Gasteiger partial charge in [0.1, 0.15) is 11.1 Å². The number of rotatable bonds is 2. The summed E-state index contributed by atoms with van der Waals surface area (Å²) in [5.74, 6) is 0.686. The Bertz CT molecular complexity index is 1570. The number of carbonyl (C=O) groups is 2. The van der Waals surface area contributed by atoms with Gasteiger partial charge in [-0.1, -0.05) is 30.3 Å². The largest absolute Gasteiger partial charge is 0.504 e. The molecule has 6 N–H and O–H groups in total. The number of anilines is 1. The molecule has 3 aliphatic heterocycles. The van der Waals surface area contributed by atoms with Crippen LogP contribution in [-0.4, -0.2) is 52.7 Å². The number of hydrogen-bond acceptors (Lipinski definition) is 11. The summed E-state index contributed by atoms with van der Waals surface area (Å²) in [7, 11) is 0. The number of aryl methyl sites for hydroxylation is 1. The Hall–Kier alpha value is -5.98. The van der Waals surface area contributed by atoms with Crippen molar-refractivity contribution < 1.29 is 58.4 Å². The predicted molar refractivity (Wildman–Crippen MR) is 151 cm³/mol. The molecule has 0 spiro atoms. The quantitative estimate of drug-likeness (QED) is 0.159. The van der Waals surface area contributed by atoms with Gasteiger partial charge in [0, 0.05) is 0 Å². The Kier molecular flexibility index (Phi) is 9.48. The minimum atomic E-state index is -1.27. The van der Waals surface area contributed by atoms with Crippen molar-refractivity contribution in [3.8, 4) is 46.0 Å². The van der Waals surface area contributed by atoms with Gasteiger partial charge in [-0.3, -0.25) is 0 Å². The molecule has 4 aromatic carbocycles. The van der Waals surface area contributed by atoms with Gasteiger partial charge in [0.2, 0.25) is 20.4 Å². The Morgan fingerprint density at radius 2 is 1.07 bits per heavy atom. The SMILES string of the molecule is Cc1cccc2c1OCO2.Nc1cccc2c1OCO2.O=C(O)c1cccc(O)c1O.O=C(O)c1cccc2c1OCO2. The molecule has 0 fully saturated rings. The number of hydrogen-bond donors (Lipinski definition) is 5. The first kappa shape index (κ1) is 30.0. The van der Waals surface area contributed by atoms with Crippen molar-refractivity contribution in [3.63, 3.8) is 0 Å². The second-order valence-corrected chi connectivity index (χ2v) is 8.71. The fourth-order valence-electron chi connectivity index (χ4n) is 3.83. The zero-order valence-electron chi connectivity index (χ0n) is 22.7. The molecule has 13 nitrogen and oxygen atoms in total. The highest BCUT2D eigenvalue weighted by molar-refractivity contribution is 5.92. The number of phenolic OH excluding ortho intramolecular Hbond substituents is 1. The molecule has 0 saturated carbocycles. The van der Waals surface area contributed by atoms with Crippen LogP contribution in [0.5, 0.6) is 46.0 Å². The van der Waals surface area contributed by atoms with E-state index in [0.717, 1.165) is 22.8 Å². The Labute approximate surface area is 244 Å². The van der Waals surface area contributed by atoms with E-state index in [0.29, 0.717) is 29.7 Å². The highest BCUT2D eigenvalue weighted by Gasteiger charge is 2.21. The topological polar surface area (TPSA) is 196 Å². The standard InChI is InChI=1S/C8H6O4.C8H8O2.C7H7NO2.C7H6O4/c9-8(10)5-2-1-3-6-7(5)12-4-11-6;1-6-3-2-4-7-8(6)10-5-9-7;8-5-2-1-3-6-7(5)10-4-9-6;8-5-3-1-2-4(6(5)9)7(10)11/h1-3H,4H2,(H,9,10);2-4H,5H2,1H3;1-3H,4,8H2;1-3,8-9H,(H,10,11). The predicted octanol–water partition coefficient (Wildman–Crippen LogP) is 4.63. The number of aromatic hydroxyl groups is 2. The smallest absolute Gasteiger partial charge is 0.339 e. The molecule has 0 bridgehead atoms. The zero-order chi connectivity index (χ0) is 30.9. The lowest BCUT2D eigenvalue weighted by molar-refractivity contribution is 0.0681. The lowest BCUT2D eigenvalue weighted by Gasteiger charge is -1.99. The number of phenols is 2. The van der Waals surface area contributed by atoms with Crippen molar-refractivity contribution >= 4 is 17.6 Å². The molecule has 0 radical (unpaired) electrons. The van der Waals surface area contributed by atoms with E-state index in [9.17, 15) is 9.59 Å². The maximum absolute atomic E-state index is 10.6. The normalized spacial score (nSPS) is 12.4. The molecule has 7 rings (SSSR count). The molecule has 224 valence electrons. The third kappa shape index (κ3) is 7.21. The Balaban J connectivity index is 0.000000132. The van der Waals surface area contributed by atoms with Crippen molar-refractivity contribution in [1.82, 2.24) is 0 Å². The average molecular weight is 594 g/mol. The number of nitrogen functional groups attached to an aromatic ring is 1. The molecule has 0 atom stereocenters. The van der Waals surface area contributed by atoms with E-state index < -0.39 is 23.4 Å². The zero-order valence-corrected chi connectivity index (χ0v) is 22.7. The number of nitrogens with two attached hydrogens (primary N) is 1. The van der Waals surface area contributed by atoms with Gasteiger partial charge >= 0.3 is 11.9 Å². The molecule has 3 heterocycles. The van der Waals surface area contributed by atoms with E-state index in [1.165, 1.54) is 24.3 Å². The first-order chi connectivity index (χ1) is 20.7. The molecular formula is C30H27NO12. The second-order valence-electron chi connectivity index (χ2n) is 8.71. The van der Waals surface area contributed by atoms with E-state index in [4.69, 9.17) is 54.6 Å². The molecular weight excluding hydrogens is 566 g/mol. The summed E-state index contributed by atoms with van der Waals surface area (Å²) in [6.07, 6.45) is 0. The molecule has 0 unspecified atom stereocenters.